The van der Waals surface area contributed by atoms with Crippen LogP contribution in [0.2, 0.25) is 0 Å². The Kier molecular flexibility index (Phi) is 8.77. The van der Waals surface area contributed by atoms with Gasteiger partial charge in [-0.05, 0) is 6.92 Å². The van der Waals surface area contributed by atoms with E-state index in [4.69, 9.17) is 0 Å². The number of hydrogen-bond donors (Lipinski definition) is 0. The third-order valence-electron chi connectivity index (χ3n) is 0.479. The van der Waals surface area contributed by atoms with Crippen molar-refractivity contribution < 1.29 is 14.3 Å². The van der Waals surface area contributed by atoms with E-state index in [0.29, 0.717) is 0 Å². The van der Waals surface area contributed by atoms with Crippen LogP contribution in [-0.2, 0) is 14.3 Å². The minimum absolute atomic E-state index is 0. The van der Waals surface area contributed by atoms with Crippen LogP contribution in [0, 0.1) is 0 Å². The molecule has 0 atom stereocenters. The van der Waals surface area contributed by atoms with Crippen molar-refractivity contribution in [2.75, 3.05) is 6.61 Å². The Balaban J connectivity index is 0. The van der Waals surface area contributed by atoms with Crippen molar-refractivity contribution in [2.24, 2.45) is 0 Å². The molecule has 0 aromatic rings. The van der Waals surface area contributed by atoms with E-state index in [0.717, 1.165) is 0 Å². The van der Waals surface area contributed by atoms with Crippen LogP contribution in [0.4, 0.5) is 0 Å². The molecule has 0 rings (SSSR count). The first-order valence-electron chi connectivity index (χ1n) is 2.25. The molecule has 0 unspecified atom stereocenters. The molecule has 0 spiro atoms. The van der Waals surface area contributed by atoms with E-state index in [9.17, 15) is 9.59 Å². The molecule has 0 aromatic carbocycles. The van der Waals surface area contributed by atoms with Gasteiger partial charge in [0.2, 0.25) is 0 Å². The molecule has 0 aromatic heterocycles. The van der Waals surface area contributed by atoms with E-state index in [2.05, 4.69) is 4.74 Å². The van der Waals surface area contributed by atoms with Crippen molar-refractivity contribution in [3.8, 4) is 0 Å². The summed E-state index contributed by atoms with van der Waals surface area (Å²) >= 11 is 0. The van der Waals surface area contributed by atoms with Crippen LogP contribution in [0.5, 0.6) is 0 Å². The van der Waals surface area contributed by atoms with Crippen molar-refractivity contribution in [1.29, 1.82) is 0 Å². The van der Waals surface area contributed by atoms with Crippen LogP contribution in [0.15, 0.2) is 0 Å². The first kappa shape index (κ1) is 12.1. The van der Waals surface area contributed by atoms with E-state index in [-0.39, 0.29) is 50.1 Å². The van der Waals surface area contributed by atoms with Gasteiger partial charge in [0.05, 0.1) is 0 Å². The number of carbonyl (C=O) groups is 2. The molecule has 0 N–H and O–H groups in total. The molecule has 0 aliphatic carbocycles. The molecule has 0 aliphatic heterocycles. The van der Waals surface area contributed by atoms with E-state index >= 15 is 0 Å². The van der Waals surface area contributed by atoms with Crippen molar-refractivity contribution in [1.82, 2.24) is 0 Å². The zero-order chi connectivity index (χ0) is 6.57. The summed E-state index contributed by atoms with van der Waals surface area (Å²) in [5, 5.41) is 0. The second-order valence-electron chi connectivity index (χ2n) is 1.48. The van der Waals surface area contributed by atoms with Gasteiger partial charge in [0, 0.05) is 6.92 Å². The third-order valence-corrected chi connectivity index (χ3v) is 0.479. The summed E-state index contributed by atoms with van der Waals surface area (Å²) in [5.74, 6) is -0.555. The molecule has 3 nitrogen and oxygen atoms in total. The summed E-state index contributed by atoms with van der Waals surface area (Å²) in [6, 6.07) is 0. The first-order valence-corrected chi connectivity index (χ1v) is 2.25. The second kappa shape index (κ2) is 6.52. The van der Waals surface area contributed by atoms with E-state index in [1.54, 1.807) is 0 Å². The van der Waals surface area contributed by atoms with Gasteiger partial charge in [-0.15, -0.1) is 0 Å². The summed E-state index contributed by atoms with van der Waals surface area (Å²) in [7, 11) is 0. The summed E-state index contributed by atoms with van der Waals surface area (Å²) in [5.41, 5.74) is 0. The number of esters is 1. The van der Waals surface area contributed by atoms with Gasteiger partial charge in [-0.2, -0.15) is 0 Å². The summed E-state index contributed by atoms with van der Waals surface area (Å²) < 4.78 is 4.31. The summed E-state index contributed by atoms with van der Waals surface area (Å²) in [6.45, 7) is 2.53. The number of ether oxygens (including phenoxy) is 1. The molecular formula is C5H10CaO3. The first-order chi connectivity index (χ1) is 3.63. The maximum atomic E-state index is 10.1. The predicted molar refractivity (Wildman–Crippen MR) is 35.9 cm³/mol. The molecule has 0 amide bonds. The Labute approximate surface area is 83.8 Å². The molecular weight excluding hydrogens is 148 g/mol. The predicted octanol–water partition coefficient (Wildman–Crippen LogP) is -0.778. The topological polar surface area (TPSA) is 43.4 Å². The van der Waals surface area contributed by atoms with Crippen LogP contribution in [-0.4, -0.2) is 56.1 Å². The quantitative estimate of drug-likeness (QED) is 0.391. The summed E-state index contributed by atoms with van der Waals surface area (Å²) in [6.07, 6.45) is 0. The van der Waals surface area contributed by atoms with Crippen LogP contribution in [0.3, 0.4) is 0 Å². The molecule has 50 valence electrons. The van der Waals surface area contributed by atoms with Crippen LogP contribution in [0.1, 0.15) is 13.8 Å². The molecule has 0 saturated heterocycles. The normalized spacial score (nSPS) is 7.33. The standard InChI is InChI=1S/C5H8O3.Ca.2H/c1-4(6)3-8-5(2)7;;;/h3H2,1-2H3;;;. The number of ketones is 1. The van der Waals surface area contributed by atoms with E-state index < -0.39 is 5.97 Å². The van der Waals surface area contributed by atoms with Gasteiger partial charge in [0.15, 0.2) is 5.78 Å². The molecule has 0 saturated carbocycles. The van der Waals surface area contributed by atoms with Gasteiger partial charge >= 0.3 is 43.7 Å². The fourth-order valence-corrected chi connectivity index (χ4v) is 0.203. The van der Waals surface area contributed by atoms with Crippen LogP contribution in [0.25, 0.3) is 0 Å². The minimum atomic E-state index is -0.416. The van der Waals surface area contributed by atoms with Crippen molar-refractivity contribution >= 4 is 49.5 Å². The summed E-state index contributed by atoms with van der Waals surface area (Å²) in [4.78, 5) is 20.0. The second-order valence-corrected chi connectivity index (χ2v) is 1.48. The SMILES string of the molecule is CC(=O)COC(C)=O.[CaH2]. The Morgan fingerprint density at radius 1 is 1.33 bits per heavy atom. The zero-order valence-corrected chi connectivity index (χ0v) is 4.93. The Morgan fingerprint density at radius 3 is 1.89 bits per heavy atom. The van der Waals surface area contributed by atoms with Gasteiger partial charge in [0.1, 0.15) is 6.61 Å². The Morgan fingerprint density at radius 2 is 1.78 bits per heavy atom. The van der Waals surface area contributed by atoms with Crippen LogP contribution >= 0.6 is 0 Å². The number of Topliss-reactive ketones (excluding diaryl/α,β-unsaturated/α-hetero) is 1. The molecule has 0 bridgehead atoms. The maximum absolute atomic E-state index is 10.1. The molecule has 0 heterocycles. The fourth-order valence-electron chi connectivity index (χ4n) is 0.203. The van der Waals surface area contributed by atoms with Crippen molar-refractivity contribution in [2.45, 2.75) is 13.8 Å². The van der Waals surface area contributed by atoms with Crippen molar-refractivity contribution in [3.05, 3.63) is 0 Å². The van der Waals surface area contributed by atoms with Crippen molar-refractivity contribution in [3.63, 3.8) is 0 Å². The number of rotatable bonds is 2. The Bertz CT molecular complexity index is 96.8. The third kappa shape index (κ3) is 11.8. The molecule has 0 radical (unpaired) electrons. The monoisotopic (exact) mass is 158 g/mol. The van der Waals surface area contributed by atoms with E-state index in [1.807, 2.05) is 0 Å². The number of carbonyl (C=O) groups excluding carboxylic acids is 2. The molecule has 4 heteroatoms. The van der Waals surface area contributed by atoms with Gasteiger partial charge in [0.25, 0.3) is 0 Å². The molecule has 0 fully saturated rings. The van der Waals surface area contributed by atoms with Gasteiger partial charge in [-0.1, -0.05) is 0 Å². The molecule has 9 heavy (non-hydrogen) atoms. The van der Waals surface area contributed by atoms with E-state index in [1.165, 1.54) is 13.8 Å². The fraction of sp³-hybridized carbons (Fsp3) is 0.600. The van der Waals surface area contributed by atoms with Crippen LogP contribution < -0.4 is 0 Å². The Hall–Kier alpha value is 0.400. The number of hydrogen-bond acceptors (Lipinski definition) is 3. The zero-order valence-electron chi connectivity index (χ0n) is 4.93. The van der Waals surface area contributed by atoms with Gasteiger partial charge < -0.3 is 4.74 Å². The molecule has 0 aliphatic rings. The average Bonchev–Trinajstić information content (AvgIpc) is 1.61. The van der Waals surface area contributed by atoms with Gasteiger partial charge in [-0.3, -0.25) is 9.59 Å². The van der Waals surface area contributed by atoms with Gasteiger partial charge in [-0.25, -0.2) is 0 Å². The average molecular weight is 158 g/mol.